The number of amides is 4. The summed E-state index contributed by atoms with van der Waals surface area (Å²) >= 11 is 0. The average molecular weight is 312 g/mol. The second-order valence-corrected chi connectivity index (χ2v) is 7.93. The van der Waals surface area contributed by atoms with Gasteiger partial charge in [-0.3, -0.25) is 0 Å². The molecule has 1 aliphatic carbocycles. The van der Waals surface area contributed by atoms with Crippen molar-refractivity contribution in [1.29, 1.82) is 0 Å². The Hall–Kier alpha value is -1.46. The van der Waals surface area contributed by atoms with Crippen LogP contribution in [-0.4, -0.2) is 62.6 Å². The van der Waals surface area contributed by atoms with Crippen molar-refractivity contribution in [1.82, 2.24) is 20.4 Å². The van der Waals surface area contributed by atoms with Crippen molar-refractivity contribution in [3.05, 3.63) is 0 Å². The van der Waals surface area contributed by atoms with Gasteiger partial charge in [-0.2, -0.15) is 0 Å². The van der Waals surface area contributed by atoms with E-state index in [0.29, 0.717) is 6.54 Å². The predicted octanol–water partition coefficient (Wildman–Crippen LogP) is 2.11. The SMILES string of the molecule is CNC(=O)N(C)C1CC(C)(C)CC(C)(CNC(=O)N(C)C)C1. The average Bonchev–Trinajstić information content (AvgIpc) is 2.40. The molecule has 4 amide bonds. The third-order valence-corrected chi connectivity index (χ3v) is 4.58. The molecule has 0 bridgehead atoms. The molecule has 0 aromatic heterocycles. The fraction of sp³-hybridized carbons (Fsp3) is 0.875. The Kier molecular flexibility index (Phi) is 5.70. The fourth-order valence-corrected chi connectivity index (χ4v) is 3.78. The van der Waals surface area contributed by atoms with Gasteiger partial charge in [-0.15, -0.1) is 0 Å². The highest BCUT2D eigenvalue weighted by Gasteiger charge is 2.43. The van der Waals surface area contributed by atoms with Crippen molar-refractivity contribution in [2.45, 2.75) is 46.1 Å². The van der Waals surface area contributed by atoms with Gasteiger partial charge in [0.1, 0.15) is 0 Å². The van der Waals surface area contributed by atoms with Crippen LogP contribution in [0.4, 0.5) is 9.59 Å². The van der Waals surface area contributed by atoms with Gasteiger partial charge in [-0.25, -0.2) is 9.59 Å². The Morgan fingerprint density at radius 3 is 2.18 bits per heavy atom. The molecule has 1 saturated carbocycles. The summed E-state index contributed by atoms with van der Waals surface area (Å²) in [6, 6.07) is 0.0631. The Bertz CT molecular complexity index is 422. The Morgan fingerprint density at radius 1 is 1.09 bits per heavy atom. The van der Waals surface area contributed by atoms with Gasteiger partial charge >= 0.3 is 12.1 Å². The zero-order valence-corrected chi connectivity index (χ0v) is 15.1. The van der Waals surface area contributed by atoms with E-state index in [2.05, 4.69) is 31.4 Å². The zero-order chi connectivity index (χ0) is 17.1. The molecule has 2 N–H and O–H groups in total. The first kappa shape index (κ1) is 18.6. The number of carbonyl (C=O) groups is 2. The van der Waals surface area contributed by atoms with Crippen LogP contribution in [0.2, 0.25) is 0 Å². The number of nitrogens with one attached hydrogen (secondary N) is 2. The quantitative estimate of drug-likeness (QED) is 0.838. The van der Waals surface area contributed by atoms with Crippen molar-refractivity contribution < 1.29 is 9.59 Å². The van der Waals surface area contributed by atoms with Crippen molar-refractivity contribution in [2.24, 2.45) is 10.8 Å². The number of carbonyl (C=O) groups excluding carboxylic acids is 2. The van der Waals surface area contributed by atoms with E-state index in [1.807, 2.05) is 7.05 Å². The van der Waals surface area contributed by atoms with Gasteiger partial charge in [0.15, 0.2) is 0 Å². The minimum absolute atomic E-state index is 0.0135. The highest BCUT2D eigenvalue weighted by atomic mass is 16.2. The van der Waals surface area contributed by atoms with Gasteiger partial charge in [0.25, 0.3) is 0 Å². The molecule has 2 unspecified atom stereocenters. The van der Waals surface area contributed by atoms with Crippen molar-refractivity contribution in [3.63, 3.8) is 0 Å². The molecule has 1 rings (SSSR count). The number of urea groups is 2. The van der Waals surface area contributed by atoms with Gasteiger partial charge < -0.3 is 20.4 Å². The summed E-state index contributed by atoms with van der Waals surface area (Å²) in [6.07, 6.45) is 2.91. The summed E-state index contributed by atoms with van der Waals surface area (Å²) in [7, 11) is 6.99. The molecule has 0 aliphatic heterocycles. The lowest BCUT2D eigenvalue weighted by Gasteiger charge is -2.49. The fourth-order valence-electron chi connectivity index (χ4n) is 3.78. The molecular formula is C16H32N4O2. The van der Waals surface area contributed by atoms with Crippen LogP contribution < -0.4 is 10.6 Å². The molecule has 128 valence electrons. The van der Waals surface area contributed by atoms with Crippen molar-refractivity contribution in [3.8, 4) is 0 Å². The normalized spacial score (nSPS) is 27.0. The van der Waals surface area contributed by atoms with E-state index in [1.165, 1.54) is 0 Å². The van der Waals surface area contributed by atoms with Crippen LogP contribution in [0.3, 0.4) is 0 Å². The summed E-state index contributed by atoms with van der Waals surface area (Å²) in [5.41, 5.74) is 0.128. The molecule has 0 aromatic rings. The second kappa shape index (κ2) is 6.75. The molecule has 6 nitrogen and oxygen atoms in total. The number of hydrogen-bond acceptors (Lipinski definition) is 2. The van der Waals surface area contributed by atoms with Crippen LogP contribution in [-0.2, 0) is 0 Å². The molecule has 0 aromatic carbocycles. The lowest BCUT2D eigenvalue weighted by atomic mass is 9.62. The highest BCUT2D eigenvalue weighted by molar-refractivity contribution is 5.74. The van der Waals surface area contributed by atoms with Gasteiger partial charge in [0.2, 0.25) is 0 Å². The first-order chi connectivity index (χ1) is 9.99. The summed E-state index contributed by atoms with van der Waals surface area (Å²) in [5.74, 6) is 0. The lowest BCUT2D eigenvalue weighted by molar-refractivity contribution is 0.0385. The Labute approximate surface area is 134 Å². The summed E-state index contributed by atoms with van der Waals surface area (Å²) in [4.78, 5) is 27.1. The largest absolute Gasteiger partial charge is 0.341 e. The van der Waals surface area contributed by atoms with Gasteiger partial charge in [0, 0.05) is 40.8 Å². The molecular weight excluding hydrogens is 280 g/mol. The van der Waals surface area contributed by atoms with E-state index in [0.717, 1.165) is 19.3 Å². The first-order valence-corrected chi connectivity index (χ1v) is 7.89. The van der Waals surface area contributed by atoms with E-state index < -0.39 is 0 Å². The summed E-state index contributed by atoms with van der Waals surface area (Å²) in [6.45, 7) is 7.31. The van der Waals surface area contributed by atoms with Gasteiger partial charge in [-0.1, -0.05) is 20.8 Å². The number of hydrogen-bond donors (Lipinski definition) is 2. The maximum Gasteiger partial charge on any atom is 0.317 e. The van der Waals surface area contributed by atoms with Crippen LogP contribution in [0.25, 0.3) is 0 Å². The number of nitrogens with zero attached hydrogens (tertiary/aromatic N) is 2. The zero-order valence-electron chi connectivity index (χ0n) is 15.1. The molecule has 2 atom stereocenters. The van der Waals surface area contributed by atoms with Crippen LogP contribution in [0.15, 0.2) is 0 Å². The third kappa shape index (κ3) is 4.78. The van der Waals surface area contributed by atoms with E-state index in [4.69, 9.17) is 0 Å². The smallest absolute Gasteiger partial charge is 0.317 e. The van der Waals surface area contributed by atoms with Crippen molar-refractivity contribution in [2.75, 3.05) is 34.7 Å². The number of rotatable bonds is 3. The molecule has 1 fully saturated rings. The van der Waals surface area contributed by atoms with Gasteiger partial charge in [0.05, 0.1) is 0 Å². The summed E-state index contributed by atoms with van der Waals surface area (Å²) < 4.78 is 0. The van der Waals surface area contributed by atoms with E-state index >= 15 is 0 Å². The van der Waals surface area contributed by atoms with E-state index in [9.17, 15) is 9.59 Å². The molecule has 0 spiro atoms. The molecule has 6 heteroatoms. The minimum atomic E-state index is -0.0687. The Balaban J connectivity index is 2.81. The highest BCUT2D eigenvalue weighted by Crippen LogP contribution is 2.47. The molecule has 1 aliphatic rings. The van der Waals surface area contributed by atoms with Crippen LogP contribution >= 0.6 is 0 Å². The lowest BCUT2D eigenvalue weighted by Crippen LogP contribution is -2.53. The van der Waals surface area contributed by atoms with Gasteiger partial charge in [-0.05, 0) is 30.1 Å². The molecule has 0 heterocycles. The molecule has 22 heavy (non-hydrogen) atoms. The maximum absolute atomic E-state index is 11.9. The molecule has 0 radical (unpaired) electrons. The topological polar surface area (TPSA) is 64.7 Å². The van der Waals surface area contributed by atoms with Crippen molar-refractivity contribution >= 4 is 12.1 Å². The second-order valence-electron chi connectivity index (χ2n) is 7.93. The monoisotopic (exact) mass is 312 g/mol. The van der Waals surface area contributed by atoms with Crippen LogP contribution in [0.1, 0.15) is 40.0 Å². The Morgan fingerprint density at radius 2 is 1.68 bits per heavy atom. The molecule has 0 saturated heterocycles. The maximum atomic E-state index is 11.9. The first-order valence-electron chi connectivity index (χ1n) is 7.89. The van der Waals surface area contributed by atoms with Crippen LogP contribution in [0.5, 0.6) is 0 Å². The van der Waals surface area contributed by atoms with Crippen LogP contribution in [0, 0.1) is 10.8 Å². The standard InChI is InChI=1S/C16H32N4O2/c1-15(2)8-12(20(7)13(21)17-4)9-16(3,10-15)11-18-14(22)19(5)6/h12H,8-11H2,1-7H3,(H,17,21)(H,18,22). The minimum Gasteiger partial charge on any atom is -0.341 e. The third-order valence-electron chi connectivity index (χ3n) is 4.58. The summed E-state index contributed by atoms with van der Waals surface area (Å²) in [5, 5.41) is 5.69. The van der Waals surface area contributed by atoms with E-state index in [1.54, 1.807) is 30.9 Å². The predicted molar refractivity (Wildman–Crippen MR) is 88.8 cm³/mol. The van der Waals surface area contributed by atoms with E-state index in [-0.39, 0.29) is 28.9 Å².